The zero-order valence-electron chi connectivity index (χ0n) is 15.0. The third-order valence-electron chi connectivity index (χ3n) is 3.84. The smallest absolute Gasteiger partial charge is 0.412 e. The number of hydrogen-bond donors (Lipinski definition) is 1. The summed E-state index contributed by atoms with van der Waals surface area (Å²) in [6, 6.07) is 3.19. The van der Waals surface area contributed by atoms with Crippen molar-refractivity contribution in [2.75, 3.05) is 12.4 Å². The molecule has 0 bridgehead atoms. The molecule has 0 aliphatic heterocycles. The highest BCUT2D eigenvalue weighted by molar-refractivity contribution is 5.93. The first-order valence-corrected chi connectivity index (χ1v) is 7.96. The van der Waals surface area contributed by atoms with Crippen LogP contribution in [-0.2, 0) is 10.7 Å². The van der Waals surface area contributed by atoms with Crippen molar-refractivity contribution in [3.8, 4) is 5.82 Å². The normalized spacial score (nSPS) is 11.4. The molecule has 3 aromatic rings. The van der Waals surface area contributed by atoms with Gasteiger partial charge < -0.3 is 9.30 Å². The van der Waals surface area contributed by atoms with Gasteiger partial charge in [-0.15, -0.1) is 0 Å². The topological polar surface area (TPSA) is 81.9 Å². The average molecular weight is 373 g/mol. The summed E-state index contributed by atoms with van der Waals surface area (Å²) in [5.74, 6) is -3.23. The molecule has 3 rings (SSSR count). The van der Waals surface area contributed by atoms with Gasteiger partial charge in [0.15, 0.2) is 0 Å². The summed E-state index contributed by atoms with van der Waals surface area (Å²) in [6.45, 7) is 6.13. The first kappa shape index (κ1) is 18.4. The minimum Gasteiger partial charge on any atom is -0.453 e. The van der Waals surface area contributed by atoms with E-state index >= 15 is 0 Å². The molecule has 7 nitrogen and oxygen atoms in total. The standard InChI is InChI=1S/C18H17F2N5O2/c1-5-11-9-25(15-6-10(2)22-16(24-15)18(3,19)20)13-7-14(21-8-12(11)13)23-17(26)27-4/h5-9H,1H2,2-4H3,(H,21,23,26). The highest BCUT2D eigenvalue weighted by atomic mass is 19.3. The van der Waals surface area contributed by atoms with Crippen molar-refractivity contribution in [3.05, 3.63) is 48.2 Å². The Hall–Kier alpha value is -3.36. The zero-order valence-corrected chi connectivity index (χ0v) is 15.0. The number of aryl methyl sites for hydroxylation is 1. The SMILES string of the molecule is C=Cc1cn(-c2cc(C)nc(C(C)(F)F)n2)c2cc(NC(=O)OC)ncc12. The Balaban J connectivity index is 2.21. The summed E-state index contributed by atoms with van der Waals surface area (Å²) in [5.41, 5.74) is 1.75. The van der Waals surface area contributed by atoms with Crippen molar-refractivity contribution in [2.45, 2.75) is 19.8 Å². The van der Waals surface area contributed by atoms with E-state index in [1.54, 1.807) is 42.1 Å². The molecule has 1 N–H and O–H groups in total. The quantitative estimate of drug-likeness (QED) is 0.746. The summed E-state index contributed by atoms with van der Waals surface area (Å²) in [6.07, 6.45) is 4.21. The van der Waals surface area contributed by atoms with Gasteiger partial charge in [-0.2, -0.15) is 8.78 Å². The van der Waals surface area contributed by atoms with Crippen LogP contribution in [0.5, 0.6) is 0 Å². The number of amides is 1. The molecule has 0 spiro atoms. The molecular weight excluding hydrogens is 356 g/mol. The van der Waals surface area contributed by atoms with Gasteiger partial charge in [-0.1, -0.05) is 12.7 Å². The van der Waals surface area contributed by atoms with Crippen molar-refractivity contribution < 1.29 is 18.3 Å². The van der Waals surface area contributed by atoms with Crippen LogP contribution in [0.25, 0.3) is 22.8 Å². The number of alkyl halides is 2. The number of ether oxygens (including phenoxy) is 1. The van der Waals surface area contributed by atoms with Crippen LogP contribution in [0.15, 0.2) is 31.1 Å². The molecule has 0 unspecified atom stereocenters. The molecule has 0 aromatic carbocycles. The maximum absolute atomic E-state index is 13.7. The lowest BCUT2D eigenvalue weighted by Gasteiger charge is -2.12. The number of pyridine rings is 1. The Morgan fingerprint density at radius 1 is 1.37 bits per heavy atom. The number of rotatable bonds is 4. The highest BCUT2D eigenvalue weighted by Gasteiger charge is 2.29. The molecular formula is C18H17F2N5O2. The number of carbonyl (C=O) groups is 1. The molecule has 140 valence electrons. The number of carbonyl (C=O) groups excluding carboxylic acids is 1. The summed E-state index contributed by atoms with van der Waals surface area (Å²) < 4.78 is 33.7. The average Bonchev–Trinajstić information content (AvgIpc) is 2.98. The molecule has 0 saturated carbocycles. The van der Waals surface area contributed by atoms with Crippen LogP contribution in [0.4, 0.5) is 19.4 Å². The van der Waals surface area contributed by atoms with E-state index in [1.165, 1.54) is 7.11 Å². The number of halogens is 2. The number of anilines is 1. The Kier molecular flexibility index (Phi) is 4.61. The number of nitrogens with zero attached hydrogens (tertiary/aromatic N) is 4. The van der Waals surface area contributed by atoms with E-state index in [1.807, 2.05) is 0 Å². The first-order chi connectivity index (χ1) is 12.7. The molecule has 0 atom stereocenters. The largest absolute Gasteiger partial charge is 0.453 e. The van der Waals surface area contributed by atoms with E-state index in [-0.39, 0.29) is 11.6 Å². The van der Waals surface area contributed by atoms with E-state index in [0.29, 0.717) is 11.2 Å². The van der Waals surface area contributed by atoms with Crippen LogP contribution >= 0.6 is 0 Å². The van der Waals surface area contributed by atoms with Crippen LogP contribution in [0.1, 0.15) is 24.0 Å². The summed E-state index contributed by atoms with van der Waals surface area (Å²) in [7, 11) is 1.24. The van der Waals surface area contributed by atoms with Gasteiger partial charge >= 0.3 is 12.0 Å². The second-order valence-electron chi connectivity index (χ2n) is 5.94. The van der Waals surface area contributed by atoms with Gasteiger partial charge in [-0.05, 0) is 6.92 Å². The van der Waals surface area contributed by atoms with Crippen LogP contribution in [0.2, 0.25) is 0 Å². The zero-order chi connectivity index (χ0) is 19.8. The summed E-state index contributed by atoms with van der Waals surface area (Å²) in [5, 5.41) is 3.20. The number of nitrogens with one attached hydrogen (secondary N) is 1. The van der Waals surface area contributed by atoms with Gasteiger partial charge in [0.2, 0.25) is 5.82 Å². The second kappa shape index (κ2) is 6.75. The van der Waals surface area contributed by atoms with Crippen molar-refractivity contribution in [2.24, 2.45) is 0 Å². The van der Waals surface area contributed by atoms with Crippen LogP contribution < -0.4 is 5.32 Å². The predicted molar refractivity (Wildman–Crippen MR) is 97.1 cm³/mol. The number of hydrogen-bond acceptors (Lipinski definition) is 5. The van der Waals surface area contributed by atoms with Crippen LogP contribution in [0, 0.1) is 6.92 Å². The van der Waals surface area contributed by atoms with Crippen LogP contribution in [-0.4, -0.2) is 32.7 Å². The maximum atomic E-state index is 13.7. The molecule has 9 heteroatoms. The Bertz CT molecular complexity index is 1040. The highest BCUT2D eigenvalue weighted by Crippen LogP contribution is 2.29. The van der Waals surface area contributed by atoms with Crippen molar-refractivity contribution in [1.82, 2.24) is 19.5 Å². The molecule has 3 heterocycles. The van der Waals surface area contributed by atoms with E-state index < -0.39 is 17.8 Å². The van der Waals surface area contributed by atoms with E-state index in [2.05, 4.69) is 31.6 Å². The van der Waals surface area contributed by atoms with E-state index in [9.17, 15) is 13.6 Å². The van der Waals surface area contributed by atoms with Gasteiger partial charge in [0.05, 0.1) is 12.6 Å². The van der Waals surface area contributed by atoms with Gasteiger partial charge in [-0.25, -0.2) is 19.7 Å². The number of methoxy groups -OCH3 is 1. The van der Waals surface area contributed by atoms with Gasteiger partial charge in [-0.3, -0.25) is 5.32 Å². The second-order valence-corrected chi connectivity index (χ2v) is 5.94. The van der Waals surface area contributed by atoms with Gasteiger partial charge in [0.1, 0.15) is 11.6 Å². The minimum atomic E-state index is -3.18. The molecule has 0 radical (unpaired) electrons. The maximum Gasteiger partial charge on any atom is 0.412 e. The third-order valence-corrected chi connectivity index (χ3v) is 3.84. The lowest BCUT2D eigenvalue weighted by Crippen LogP contribution is -2.15. The number of aromatic nitrogens is 4. The fourth-order valence-corrected chi connectivity index (χ4v) is 2.59. The molecule has 0 aliphatic carbocycles. The Morgan fingerprint density at radius 2 is 2.11 bits per heavy atom. The van der Waals surface area contributed by atoms with Crippen molar-refractivity contribution in [3.63, 3.8) is 0 Å². The molecule has 1 amide bonds. The van der Waals surface area contributed by atoms with Gasteiger partial charge in [0, 0.05) is 48.1 Å². The fraction of sp³-hybridized carbons (Fsp3) is 0.222. The Labute approximate surface area is 153 Å². The lowest BCUT2D eigenvalue weighted by molar-refractivity contribution is 0.00749. The Morgan fingerprint density at radius 3 is 2.74 bits per heavy atom. The first-order valence-electron chi connectivity index (χ1n) is 7.96. The predicted octanol–water partition coefficient (Wildman–Crippen LogP) is 4.06. The molecule has 3 aromatic heterocycles. The third kappa shape index (κ3) is 3.62. The minimum absolute atomic E-state index is 0.246. The van der Waals surface area contributed by atoms with E-state index in [4.69, 9.17) is 0 Å². The molecule has 27 heavy (non-hydrogen) atoms. The molecule has 0 saturated heterocycles. The number of fused-ring (bicyclic) bond motifs is 1. The fourth-order valence-electron chi connectivity index (χ4n) is 2.59. The summed E-state index contributed by atoms with van der Waals surface area (Å²) in [4.78, 5) is 23.4. The lowest BCUT2D eigenvalue weighted by atomic mass is 10.2. The van der Waals surface area contributed by atoms with Crippen molar-refractivity contribution in [1.29, 1.82) is 0 Å². The van der Waals surface area contributed by atoms with Gasteiger partial charge in [0.25, 0.3) is 0 Å². The monoisotopic (exact) mass is 373 g/mol. The van der Waals surface area contributed by atoms with E-state index in [0.717, 1.165) is 17.9 Å². The van der Waals surface area contributed by atoms with Crippen LogP contribution in [0.3, 0.4) is 0 Å². The summed E-state index contributed by atoms with van der Waals surface area (Å²) >= 11 is 0. The molecule has 0 fully saturated rings. The molecule has 0 aliphatic rings. The van der Waals surface area contributed by atoms with Crippen molar-refractivity contribution >= 4 is 28.9 Å².